The molecule has 2 heterocycles. The fourth-order valence-electron chi connectivity index (χ4n) is 1.73. The van der Waals surface area contributed by atoms with Crippen LogP contribution in [-0.4, -0.2) is 24.8 Å². The van der Waals surface area contributed by atoms with Gasteiger partial charge in [0.2, 0.25) is 0 Å². The van der Waals surface area contributed by atoms with Crippen molar-refractivity contribution in [3.8, 4) is 0 Å². The van der Waals surface area contributed by atoms with E-state index in [0.29, 0.717) is 6.10 Å². The zero-order chi connectivity index (χ0) is 6.97. The first-order valence-corrected chi connectivity index (χ1v) is 4.28. The summed E-state index contributed by atoms with van der Waals surface area (Å²) in [5.74, 6) is 0. The predicted molar refractivity (Wildman–Crippen MR) is 40.0 cm³/mol. The molecule has 0 amide bonds. The molecule has 2 fully saturated rings. The normalized spacial score (nSPS) is 45.9. The van der Waals surface area contributed by atoms with Crippen molar-refractivity contribution in [1.82, 2.24) is 5.32 Å². The molecule has 0 saturated carbocycles. The molecule has 0 aromatic carbocycles. The van der Waals surface area contributed by atoms with Gasteiger partial charge in [-0.1, -0.05) is 6.92 Å². The van der Waals surface area contributed by atoms with Crippen LogP contribution in [0, 0.1) is 0 Å². The first-order chi connectivity index (χ1) is 4.90. The van der Waals surface area contributed by atoms with Crippen molar-refractivity contribution < 1.29 is 4.74 Å². The molecular formula is C8H15NO. The quantitative estimate of drug-likeness (QED) is 0.550. The van der Waals surface area contributed by atoms with Gasteiger partial charge in [-0.15, -0.1) is 0 Å². The number of fused-ring (bicyclic) bond motifs is 1. The second-order valence-corrected chi connectivity index (χ2v) is 3.31. The van der Waals surface area contributed by atoms with Gasteiger partial charge in [-0.2, -0.15) is 0 Å². The van der Waals surface area contributed by atoms with E-state index in [2.05, 4.69) is 12.2 Å². The van der Waals surface area contributed by atoms with Crippen LogP contribution in [0.4, 0.5) is 0 Å². The molecule has 0 bridgehead atoms. The smallest absolute Gasteiger partial charge is 0.0588 e. The number of ether oxygens (including phenoxy) is 1. The number of rotatable bonds is 1. The van der Waals surface area contributed by atoms with Crippen molar-refractivity contribution in [3.05, 3.63) is 0 Å². The molecule has 2 aliphatic heterocycles. The van der Waals surface area contributed by atoms with Crippen LogP contribution >= 0.6 is 0 Å². The van der Waals surface area contributed by atoms with Crippen molar-refractivity contribution in [3.63, 3.8) is 0 Å². The SMILES string of the molecule is CCC1CC2NC2CCO1. The molecule has 0 aromatic heterocycles. The summed E-state index contributed by atoms with van der Waals surface area (Å²) in [5, 5.41) is 3.45. The third-order valence-corrected chi connectivity index (χ3v) is 2.56. The van der Waals surface area contributed by atoms with Crippen molar-refractivity contribution in [2.24, 2.45) is 0 Å². The Morgan fingerprint density at radius 1 is 1.50 bits per heavy atom. The van der Waals surface area contributed by atoms with E-state index >= 15 is 0 Å². The van der Waals surface area contributed by atoms with Crippen LogP contribution in [0.25, 0.3) is 0 Å². The van der Waals surface area contributed by atoms with Gasteiger partial charge in [0.15, 0.2) is 0 Å². The molecule has 0 spiro atoms. The Bertz CT molecular complexity index is 126. The summed E-state index contributed by atoms with van der Waals surface area (Å²) in [6.45, 7) is 3.17. The van der Waals surface area contributed by atoms with Crippen LogP contribution < -0.4 is 5.32 Å². The lowest BCUT2D eigenvalue weighted by molar-refractivity contribution is 0.0515. The summed E-state index contributed by atoms with van der Waals surface area (Å²) in [6, 6.07) is 1.60. The summed E-state index contributed by atoms with van der Waals surface area (Å²) in [7, 11) is 0. The molecule has 2 heteroatoms. The molecule has 2 nitrogen and oxygen atoms in total. The highest BCUT2D eigenvalue weighted by molar-refractivity contribution is 5.00. The molecule has 0 radical (unpaired) electrons. The number of hydrogen-bond acceptors (Lipinski definition) is 2. The highest BCUT2D eigenvalue weighted by atomic mass is 16.5. The molecule has 58 valence electrons. The molecular weight excluding hydrogens is 126 g/mol. The fourth-order valence-corrected chi connectivity index (χ4v) is 1.73. The highest BCUT2D eigenvalue weighted by Crippen LogP contribution is 2.25. The van der Waals surface area contributed by atoms with E-state index in [1.54, 1.807) is 0 Å². The third kappa shape index (κ3) is 1.18. The third-order valence-electron chi connectivity index (χ3n) is 2.56. The molecule has 2 saturated heterocycles. The maximum absolute atomic E-state index is 5.61. The minimum atomic E-state index is 0.532. The predicted octanol–water partition coefficient (Wildman–Crippen LogP) is 0.916. The van der Waals surface area contributed by atoms with E-state index in [0.717, 1.165) is 18.7 Å². The summed E-state index contributed by atoms with van der Waals surface area (Å²) in [5.41, 5.74) is 0. The van der Waals surface area contributed by atoms with Gasteiger partial charge in [-0.25, -0.2) is 0 Å². The van der Waals surface area contributed by atoms with E-state index in [9.17, 15) is 0 Å². The van der Waals surface area contributed by atoms with Crippen LogP contribution in [0.15, 0.2) is 0 Å². The van der Waals surface area contributed by atoms with E-state index < -0.39 is 0 Å². The van der Waals surface area contributed by atoms with Gasteiger partial charge in [-0.3, -0.25) is 0 Å². The van der Waals surface area contributed by atoms with Gasteiger partial charge in [0.1, 0.15) is 0 Å². The number of nitrogens with one attached hydrogen (secondary N) is 1. The van der Waals surface area contributed by atoms with Gasteiger partial charge in [0.05, 0.1) is 6.10 Å². The van der Waals surface area contributed by atoms with Crippen LogP contribution in [0.3, 0.4) is 0 Å². The highest BCUT2D eigenvalue weighted by Gasteiger charge is 2.39. The zero-order valence-electron chi connectivity index (χ0n) is 6.47. The minimum absolute atomic E-state index is 0.532. The van der Waals surface area contributed by atoms with Gasteiger partial charge in [0, 0.05) is 18.7 Å². The Kier molecular flexibility index (Phi) is 1.66. The maximum Gasteiger partial charge on any atom is 0.0588 e. The molecule has 0 aromatic rings. The largest absolute Gasteiger partial charge is 0.378 e. The van der Waals surface area contributed by atoms with Crippen molar-refractivity contribution in [2.45, 2.75) is 44.4 Å². The monoisotopic (exact) mass is 141 g/mol. The number of hydrogen-bond donors (Lipinski definition) is 1. The standard InChI is InChI=1S/C8H15NO/c1-2-6-5-8-7(9-8)3-4-10-6/h6-9H,2-5H2,1H3. The van der Waals surface area contributed by atoms with E-state index in [1.165, 1.54) is 19.3 Å². The second kappa shape index (κ2) is 2.51. The summed E-state index contributed by atoms with van der Waals surface area (Å²) in [6.07, 6.45) is 4.16. The topological polar surface area (TPSA) is 31.2 Å². The van der Waals surface area contributed by atoms with E-state index in [4.69, 9.17) is 4.74 Å². The first kappa shape index (κ1) is 6.62. The molecule has 3 atom stereocenters. The van der Waals surface area contributed by atoms with Crippen LogP contribution in [-0.2, 0) is 4.74 Å². The lowest BCUT2D eigenvalue weighted by Gasteiger charge is -2.12. The fraction of sp³-hybridized carbons (Fsp3) is 1.00. The van der Waals surface area contributed by atoms with Crippen LogP contribution in [0.2, 0.25) is 0 Å². The summed E-state index contributed by atoms with van der Waals surface area (Å²) >= 11 is 0. The molecule has 1 N–H and O–H groups in total. The summed E-state index contributed by atoms with van der Waals surface area (Å²) in [4.78, 5) is 0. The Labute approximate surface area is 61.9 Å². The van der Waals surface area contributed by atoms with Crippen molar-refractivity contribution >= 4 is 0 Å². The lowest BCUT2D eigenvalue weighted by atomic mass is 10.1. The Hall–Kier alpha value is -0.0800. The Morgan fingerprint density at radius 3 is 3.20 bits per heavy atom. The maximum atomic E-state index is 5.61. The molecule has 2 aliphatic rings. The Morgan fingerprint density at radius 2 is 2.40 bits per heavy atom. The van der Waals surface area contributed by atoms with Crippen molar-refractivity contribution in [1.29, 1.82) is 0 Å². The zero-order valence-corrected chi connectivity index (χ0v) is 6.47. The van der Waals surface area contributed by atoms with E-state index in [-0.39, 0.29) is 0 Å². The molecule has 0 aliphatic carbocycles. The first-order valence-electron chi connectivity index (χ1n) is 4.28. The van der Waals surface area contributed by atoms with Gasteiger partial charge in [0.25, 0.3) is 0 Å². The Balaban J connectivity index is 1.88. The molecule has 2 rings (SSSR count). The van der Waals surface area contributed by atoms with Gasteiger partial charge < -0.3 is 10.1 Å². The van der Waals surface area contributed by atoms with Crippen molar-refractivity contribution in [2.75, 3.05) is 6.61 Å². The molecule has 3 unspecified atom stereocenters. The minimum Gasteiger partial charge on any atom is -0.378 e. The van der Waals surface area contributed by atoms with Gasteiger partial charge in [-0.05, 0) is 19.3 Å². The second-order valence-electron chi connectivity index (χ2n) is 3.31. The lowest BCUT2D eigenvalue weighted by Crippen LogP contribution is -2.14. The molecule has 10 heavy (non-hydrogen) atoms. The average molecular weight is 141 g/mol. The van der Waals surface area contributed by atoms with Crippen LogP contribution in [0.1, 0.15) is 26.2 Å². The average Bonchev–Trinajstić information content (AvgIpc) is 2.61. The van der Waals surface area contributed by atoms with Gasteiger partial charge >= 0.3 is 0 Å². The summed E-state index contributed by atoms with van der Waals surface area (Å²) < 4.78 is 5.61. The van der Waals surface area contributed by atoms with Crippen LogP contribution in [0.5, 0.6) is 0 Å². The van der Waals surface area contributed by atoms with E-state index in [1.807, 2.05) is 0 Å².